The van der Waals surface area contributed by atoms with Gasteiger partial charge in [0.2, 0.25) is 0 Å². The summed E-state index contributed by atoms with van der Waals surface area (Å²) in [5.41, 5.74) is -0.548. The van der Waals surface area contributed by atoms with Crippen LogP contribution in [0.3, 0.4) is 0 Å². The minimum Gasteiger partial charge on any atom is -0.389 e. The molecule has 1 rings (SSSR count). The molecule has 0 saturated heterocycles. The fraction of sp³-hybridized carbons (Fsp3) is 0.818. The molecule has 5 nitrogen and oxygen atoms in total. The Hall–Kier alpha value is -0.940. The van der Waals surface area contributed by atoms with Gasteiger partial charge in [-0.25, -0.2) is 0 Å². The minimum atomic E-state index is -0.548. The largest absolute Gasteiger partial charge is 0.389 e. The highest BCUT2D eigenvalue weighted by molar-refractivity contribution is 4.77. The van der Waals surface area contributed by atoms with Crippen LogP contribution in [0.15, 0.2) is 12.4 Å². The summed E-state index contributed by atoms with van der Waals surface area (Å²) >= 11 is 0. The molecule has 2 N–H and O–H groups in total. The highest BCUT2D eigenvalue weighted by Crippen LogP contribution is 2.12. The predicted molar refractivity (Wildman–Crippen MR) is 63.0 cm³/mol. The molecule has 0 aliphatic heterocycles. The van der Waals surface area contributed by atoms with E-state index in [1.165, 1.54) is 0 Å². The Morgan fingerprint density at radius 1 is 1.38 bits per heavy atom. The lowest BCUT2D eigenvalue weighted by Gasteiger charge is -2.25. The zero-order chi connectivity index (χ0) is 11.9. The molecule has 5 heteroatoms. The summed E-state index contributed by atoms with van der Waals surface area (Å²) in [4.78, 5) is 0. The van der Waals surface area contributed by atoms with Crippen molar-refractivity contribution in [2.24, 2.45) is 0 Å². The Kier molecular flexibility index (Phi) is 5.42. The number of nitrogens with zero attached hydrogens (tertiary/aromatic N) is 3. The van der Waals surface area contributed by atoms with E-state index in [0.29, 0.717) is 6.54 Å². The van der Waals surface area contributed by atoms with Crippen LogP contribution in [0.5, 0.6) is 0 Å². The van der Waals surface area contributed by atoms with Gasteiger partial charge in [0, 0.05) is 19.3 Å². The van der Waals surface area contributed by atoms with E-state index in [-0.39, 0.29) is 0 Å². The van der Waals surface area contributed by atoms with Gasteiger partial charge in [0.05, 0.1) is 11.8 Å². The molecule has 0 saturated carbocycles. The van der Waals surface area contributed by atoms with E-state index in [0.717, 1.165) is 32.4 Å². The van der Waals surface area contributed by atoms with Gasteiger partial charge in [0.1, 0.15) is 0 Å². The van der Waals surface area contributed by atoms with Gasteiger partial charge in [-0.1, -0.05) is 19.1 Å². The molecule has 0 aromatic carbocycles. The molecule has 1 aromatic heterocycles. The van der Waals surface area contributed by atoms with E-state index in [2.05, 4.69) is 15.6 Å². The number of hydrogen-bond donors (Lipinski definition) is 2. The highest BCUT2D eigenvalue weighted by Gasteiger charge is 2.20. The van der Waals surface area contributed by atoms with Gasteiger partial charge in [-0.3, -0.25) is 4.68 Å². The van der Waals surface area contributed by atoms with E-state index in [1.54, 1.807) is 6.20 Å². The first kappa shape index (κ1) is 13.1. The van der Waals surface area contributed by atoms with Gasteiger partial charge in [-0.15, -0.1) is 5.10 Å². The molecule has 0 atom stereocenters. The average Bonchev–Trinajstić information content (AvgIpc) is 2.81. The monoisotopic (exact) mass is 226 g/mol. The van der Waals surface area contributed by atoms with Crippen LogP contribution in [0.4, 0.5) is 0 Å². The Bertz CT molecular complexity index is 270. The topological polar surface area (TPSA) is 63.0 Å². The number of rotatable bonds is 8. The lowest BCUT2D eigenvalue weighted by molar-refractivity contribution is 0.0326. The van der Waals surface area contributed by atoms with Gasteiger partial charge in [0.15, 0.2) is 0 Å². The maximum atomic E-state index is 10.0. The van der Waals surface area contributed by atoms with Crippen LogP contribution in [-0.2, 0) is 6.54 Å². The first-order valence-electron chi connectivity index (χ1n) is 5.97. The third-order valence-electron chi connectivity index (χ3n) is 2.98. The molecule has 0 spiro atoms. The zero-order valence-corrected chi connectivity index (χ0v) is 10.2. The van der Waals surface area contributed by atoms with E-state index in [4.69, 9.17) is 0 Å². The molecule has 0 radical (unpaired) electrons. The number of aryl methyl sites for hydroxylation is 1. The van der Waals surface area contributed by atoms with Crippen molar-refractivity contribution in [2.45, 2.75) is 45.3 Å². The summed E-state index contributed by atoms with van der Waals surface area (Å²) in [5.74, 6) is 0. The second-order valence-corrected chi connectivity index (χ2v) is 4.13. The normalized spacial score (nSPS) is 11.9. The van der Waals surface area contributed by atoms with Gasteiger partial charge >= 0.3 is 0 Å². The van der Waals surface area contributed by atoms with Crippen molar-refractivity contribution in [3.63, 3.8) is 0 Å². The SMILES string of the molecule is CCC(O)(CC)CNCCCn1ccnn1. The molecule has 0 unspecified atom stereocenters. The van der Waals surface area contributed by atoms with Crippen LogP contribution in [0, 0.1) is 0 Å². The molecule has 0 aliphatic rings. The second-order valence-electron chi connectivity index (χ2n) is 4.13. The van der Waals surface area contributed by atoms with Crippen molar-refractivity contribution in [3.05, 3.63) is 12.4 Å². The van der Waals surface area contributed by atoms with Crippen LogP contribution in [0.2, 0.25) is 0 Å². The number of aliphatic hydroxyl groups is 1. The van der Waals surface area contributed by atoms with E-state index in [1.807, 2.05) is 24.7 Å². The quantitative estimate of drug-likeness (QED) is 0.644. The molecular formula is C11H22N4O. The molecule has 0 bridgehead atoms. The smallest absolute Gasteiger partial charge is 0.0766 e. The van der Waals surface area contributed by atoms with E-state index >= 15 is 0 Å². The molecule has 0 aliphatic carbocycles. The van der Waals surface area contributed by atoms with Crippen LogP contribution >= 0.6 is 0 Å². The molecule has 1 aromatic rings. The van der Waals surface area contributed by atoms with Crippen molar-refractivity contribution in [3.8, 4) is 0 Å². The summed E-state index contributed by atoms with van der Waals surface area (Å²) in [7, 11) is 0. The van der Waals surface area contributed by atoms with Crippen molar-refractivity contribution >= 4 is 0 Å². The van der Waals surface area contributed by atoms with E-state index < -0.39 is 5.60 Å². The maximum absolute atomic E-state index is 10.0. The molecule has 16 heavy (non-hydrogen) atoms. The van der Waals surface area contributed by atoms with Crippen LogP contribution in [0.25, 0.3) is 0 Å². The maximum Gasteiger partial charge on any atom is 0.0766 e. The first-order valence-corrected chi connectivity index (χ1v) is 5.97. The molecule has 0 fully saturated rings. The minimum absolute atomic E-state index is 0.548. The molecule has 92 valence electrons. The lowest BCUT2D eigenvalue weighted by Crippen LogP contribution is -2.39. The van der Waals surface area contributed by atoms with Gasteiger partial charge in [0.25, 0.3) is 0 Å². The van der Waals surface area contributed by atoms with Crippen LogP contribution < -0.4 is 5.32 Å². The Labute approximate surface area is 96.9 Å². The lowest BCUT2D eigenvalue weighted by atomic mass is 9.98. The Morgan fingerprint density at radius 2 is 2.12 bits per heavy atom. The molecule has 1 heterocycles. The van der Waals surface area contributed by atoms with Gasteiger partial charge in [-0.2, -0.15) is 0 Å². The number of aromatic nitrogens is 3. The van der Waals surface area contributed by atoms with Crippen molar-refractivity contribution in [2.75, 3.05) is 13.1 Å². The van der Waals surface area contributed by atoms with Crippen LogP contribution in [0.1, 0.15) is 33.1 Å². The Balaban J connectivity index is 2.08. The molecule has 0 amide bonds. The van der Waals surface area contributed by atoms with Gasteiger partial charge < -0.3 is 10.4 Å². The summed E-state index contributed by atoms with van der Waals surface area (Å²) in [6, 6.07) is 0. The van der Waals surface area contributed by atoms with Crippen molar-refractivity contribution in [1.29, 1.82) is 0 Å². The molecular weight excluding hydrogens is 204 g/mol. The Morgan fingerprint density at radius 3 is 2.69 bits per heavy atom. The standard InChI is InChI=1S/C11H22N4O/c1-3-11(16,4-2)10-12-6-5-8-15-9-7-13-14-15/h7,9,12,16H,3-6,8,10H2,1-2H3. The fourth-order valence-electron chi connectivity index (χ4n) is 1.54. The predicted octanol–water partition coefficient (Wildman–Crippen LogP) is 0.809. The first-order chi connectivity index (χ1) is 7.70. The summed E-state index contributed by atoms with van der Waals surface area (Å²) in [6.45, 7) is 6.45. The van der Waals surface area contributed by atoms with Crippen LogP contribution in [-0.4, -0.2) is 38.8 Å². The third kappa shape index (κ3) is 4.28. The van der Waals surface area contributed by atoms with Crippen molar-refractivity contribution < 1.29 is 5.11 Å². The van der Waals surface area contributed by atoms with E-state index in [9.17, 15) is 5.11 Å². The van der Waals surface area contributed by atoms with Crippen molar-refractivity contribution in [1.82, 2.24) is 20.3 Å². The summed E-state index contributed by atoms with van der Waals surface area (Å²) in [5, 5.41) is 20.9. The number of hydrogen-bond acceptors (Lipinski definition) is 4. The number of nitrogens with one attached hydrogen (secondary N) is 1. The van der Waals surface area contributed by atoms with Gasteiger partial charge in [-0.05, 0) is 25.8 Å². The highest BCUT2D eigenvalue weighted by atomic mass is 16.3. The zero-order valence-electron chi connectivity index (χ0n) is 10.2. The fourth-order valence-corrected chi connectivity index (χ4v) is 1.54. The average molecular weight is 226 g/mol. The second kappa shape index (κ2) is 6.60. The third-order valence-corrected chi connectivity index (χ3v) is 2.98. The summed E-state index contributed by atoms with van der Waals surface area (Å²) in [6.07, 6.45) is 6.11. The summed E-state index contributed by atoms with van der Waals surface area (Å²) < 4.78 is 1.81.